The lowest BCUT2D eigenvalue weighted by Crippen LogP contribution is -2.34. The van der Waals surface area contributed by atoms with E-state index in [1.165, 1.54) is 0 Å². The highest BCUT2D eigenvalue weighted by atomic mass is 16.6. The third kappa shape index (κ3) is 11.0. The van der Waals surface area contributed by atoms with Gasteiger partial charge in [0.05, 0.1) is 13.2 Å². The van der Waals surface area contributed by atoms with E-state index < -0.39 is 5.72 Å². The summed E-state index contributed by atoms with van der Waals surface area (Å²) in [6, 6.07) is 6.90. The molecule has 8 nitrogen and oxygen atoms in total. The number of amides is 1. The molecule has 0 aliphatic carbocycles. The number of carbonyl (C=O) groups excluding carboxylic acids is 1. The molecule has 1 rings (SSSR count). The maximum absolute atomic E-state index is 12.3. The Labute approximate surface area is 179 Å². The zero-order valence-electron chi connectivity index (χ0n) is 18.9. The first-order chi connectivity index (χ1) is 14.3. The van der Waals surface area contributed by atoms with E-state index in [1.807, 2.05) is 0 Å². The first-order valence-corrected chi connectivity index (χ1v) is 10.5. The molecule has 0 saturated heterocycles. The van der Waals surface area contributed by atoms with Crippen LogP contribution in [0.25, 0.3) is 10.4 Å². The van der Waals surface area contributed by atoms with E-state index in [1.54, 1.807) is 31.2 Å². The van der Waals surface area contributed by atoms with Gasteiger partial charge in [-0.25, -0.2) is 0 Å². The molecule has 168 valence electrons. The minimum Gasteiger partial charge on any atom is -0.490 e. The Morgan fingerprint density at radius 1 is 1.23 bits per heavy atom. The molecule has 0 aliphatic heterocycles. The number of rotatable bonds is 15. The normalized spacial score (nSPS) is 13.0. The number of azide groups is 1. The molecule has 1 aromatic carbocycles. The molecule has 0 aliphatic rings. The van der Waals surface area contributed by atoms with Gasteiger partial charge >= 0.3 is 0 Å². The minimum atomic E-state index is -1.18. The lowest BCUT2D eigenvalue weighted by atomic mass is 10.1. The summed E-state index contributed by atoms with van der Waals surface area (Å²) in [5, 5.41) is 6.65. The van der Waals surface area contributed by atoms with Crippen LogP contribution in [0.2, 0.25) is 0 Å². The van der Waals surface area contributed by atoms with Gasteiger partial charge in [-0.3, -0.25) is 4.79 Å². The Morgan fingerprint density at radius 2 is 2.00 bits per heavy atom. The van der Waals surface area contributed by atoms with E-state index in [0.29, 0.717) is 42.9 Å². The third-order valence-corrected chi connectivity index (χ3v) is 4.19. The van der Waals surface area contributed by atoms with Gasteiger partial charge in [-0.1, -0.05) is 38.9 Å². The average molecular weight is 421 g/mol. The van der Waals surface area contributed by atoms with Gasteiger partial charge in [-0.15, -0.1) is 0 Å². The molecule has 0 spiro atoms. The molecule has 1 unspecified atom stereocenters. The third-order valence-electron chi connectivity index (χ3n) is 4.19. The van der Waals surface area contributed by atoms with Gasteiger partial charge < -0.3 is 19.5 Å². The molecule has 0 fully saturated rings. The minimum absolute atomic E-state index is 0.0146. The van der Waals surface area contributed by atoms with Crippen molar-refractivity contribution in [2.75, 3.05) is 33.0 Å². The lowest BCUT2D eigenvalue weighted by Gasteiger charge is -2.25. The van der Waals surface area contributed by atoms with Crippen molar-refractivity contribution in [1.82, 2.24) is 5.32 Å². The fraction of sp³-hybridized carbons (Fsp3) is 0.682. The number of carbonyl (C=O) groups is 1. The van der Waals surface area contributed by atoms with Crippen LogP contribution in [0.3, 0.4) is 0 Å². The molecule has 1 N–H and O–H groups in total. The summed E-state index contributed by atoms with van der Waals surface area (Å²) >= 11 is 0. The summed E-state index contributed by atoms with van der Waals surface area (Å²) in [4.78, 5) is 15.2. The lowest BCUT2D eigenvalue weighted by molar-refractivity contribution is -0.0762. The predicted molar refractivity (Wildman–Crippen MR) is 118 cm³/mol. The largest absolute Gasteiger partial charge is 0.490 e. The van der Waals surface area contributed by atoms with Crippen LogP contribution in [-0.4, -0.2) is 44.6 Å². The summed E-state index contributed by atoms with van der Waals surface area (Å²) in [5.74, 6) is 1.42. The van der Waals surface area contributed by atoms with E-state index in [4.69, 9.17) is 19.7 Å². The van der Waals surface area contributed by atoms with E-state index in [-0.39, 0.29) is 19.1 Å². The standard InChI is InChI=1S/C22H36N4O4/c1-17(2)8-7-11-24-21(27)19-9-6-10-20(14-19)29-16-22(5,25-26-23)30-13-12-28-15-18(3)4/h6,9-10,14,17-18H,7-8,11-13,15-16H2,1-5H3,(H,24,27). The van der Waals surface area contributed by atoms with E-state index in [0.717, 1.165) is 12.8 Å². The zero-order valence-corrected chi connectivity index (χ0v) is 18.9. The van der Waals surface area contributed by atoms with Gasteiger partial charge in [0.25, 0.3) is 5.91 Å². The number of hydrogen-bond acceptors (Lipinski definition) is 5. The number of hydrogen-bond donors (Lipinski definition) is 1. The van der Waals surface area contributed by atoms with Gasteiger partial charge in [-0.05, 0) is 55.3 Å². The van der Waals surface area contributed by atoms with Gasteiger partial charge in [0.1, 0.15) is 12.4 Å². The highest BCUT2D eigenvalue weighted by Gasteiger charge is 2.25. The van der Waals surface area contributed by atoms with Crippen molar-refractivity contribution in [3.8, 4) is 5.75 Å². The van der Waals surface area contributed by atoms with Crippen molar-refractivity contribution < 1.29 is 19.0 Å². The van der Waals surface area contributed by atoms with Crippen LogP contribution in [0.15, 0.2) is 29.4 Å². The number of nitrogens with zero attached hydrogens (tertiary/aromatic N) is 3. The van der Waals surface area contributed by atoms with Crippen molar-refractivity contribution in [2.45, 2.75) is 53.2 Å². The summed E-state index contributed by atoms with van der Waals surface area (Å²) in [5.41, 5.74) is 8.21. The van der Waals surface area contributed by atoms with Gasteiger partial charge in [0, 0.05) is 23.6 Å². The van der Waals surface area contributed by atoms with Crippen molar-refractivity contribution in [3.63, 3.8) is 0 Å². The van der Waals surface area contributed by atoms with Crippen molar-refractivity contribution >= 4 is 5.91 Å². The quantitative estimate of drug-likeness (QED) is 0.188. The summed E-state index contributed by atoms with van der Waals surface area (Å²) < 4.78 is 16.9. The molecular weight excluding hydrogens is 384 g/mol. The molecule has 8 heteroatoms. The Balaban J connectivity index is 2.56. The number of nitrogens with one attached hydrogen (secondary N) is 1. The first kappa shape index (κ1) is 25.8. The molecule has 1 aromatic rings. The van der Waals surface area contributed by atoms with Crippen LogP contribution in [0.4, 0.5) is 0 Å². The number of ether oxygens (including phenoxy) is 3. The van der Waals surface area contributed by atoms with E-state index in [9.17, 15) is 4.79 Å². The molecular formula is C22H36N4O4. The maximum Gasteiger partial charge on any atom is 0.251 e. The fourth-order valence-corrected chi connectivity index (χ4v) is 2.59. The molecule has 0 saturated carbocycles. The zero-order chi connectivity index (χ0) is 22.4. The van der Waals surface area contributed by atoms with Crippen LogP contribution in [-0.2, 0) is 9.47 Å². The summed E-state index contributed by atoms with van der Waals surface area (Å²) in [7, 11) is 0. The Kier molecular flexibility index (Phi) is 11.9. The first-order valence-electron chi connectivity index (χ1n) is 10.5. The molecule has 1 atom stereocenters. The second-order valence-corrected chi connectivity index (χ2v) is 8.29. The maximum atomic E-state index is 12.3. The smallest absolute Gasteiger partial charge is 0.251 e. The highest BCUT2D eigenvalue weighted by molar-refractivity contribution is 5.94. The second-order valence-electron chi connectivity index (χ2n) is 8.29. The summed E-state index contributed by atoms with van der Waals surface area (Å²) in [6.07, 6.45) is 2.02. The molecule has 0 bridgehead atoms. The topological polar surface area (TPSA) is 106 Å². The fourth-order valence-electron chi connectivity index (χ4n) is 2.59. The average Bonchev–Trinajstić information content (AvgIpc) is 2.69. The van der Waals surface area contributed by atoms with Crippen molar-refractivity contribution in [2.24, 2.45) is 17.0 Å². The molecule has 0 aromatic heterocycles. The van der Waals surface area contributed by atoms with Crippen molar-refractivity contribution in [3.05, 3.63) is 40.3 Å². The number of benzene rings is 1. The van der Waals surface area contributed by atoms with Gasteiger partial charge in [0.2, 0.25) is 0 Å². The monoisotopic (exact) mass is 420 g/mol. The SMILES string of the molecule is CC(C)CCCNC(=O)c1cccc(OCC(C)(N=[N+]=[N-])OCCOCC(C)C)c1. The van der Waals surface area contributed by atoms with Crippen LogP contribution in [0.5, 0.6) is 5.75 Å². The van der Waals surface area contributed by atoms with Crippen LogP contribution in [0.1, 0.15) is 57.8 Å². The Bertz CT molecular complexity index is 689. The second kappa shape index (κ2) is 13.9. The van der Waals surface area contributed by atoms with Crippen LogP contribution >= 0.6 is 0 Å². The molecule has 30 heavy (non-hydrogen) atoms. The molecule has 0 heterocycles. The Morgan fingerprint density at radius 3 is 2.67 bits per heavy atom. The molecule has 1 amide bonds. The van der Waals surface area contributed by atoms with E-state index in [2.05, 4.69) is 43.0 Å². The molecule has 0 radical (unpaired) electrons. The van der Waals surface area contributed by atoms with Gasteiger partial charge in [0.15, 0.2) is 5.72 Å². The van der Waals surface area contributed by atoms with E-state index >= 15 is 0 Å². The Hall–Kier alpha value is -2.28. The predicted octanol–water partition coefficient (Wildman–Crippen LogP) is 4.95. The summed E-state index contributed by atoms with van der Waals surface area (Å²) in [6.45, 7) is 12.1. The van der Waals surface area contributed by atoms with Gasteiger partial charge in [-0.2, -0.15) is 0 Å². The van der Waals surface area contributed by atoms with Crippen LogP contribution < -0.4 is 10.1 Å². The van der Waals surface area contributed by atoms with Crippen LogP contribution in [0, 0.1) is 11.8 Å². The highest BCUT2D eigenvalue weighted by Crippen LogP contribution is 2.19. The van der Waals surface area contributed by atoms with Crippen molar-refractivity contribution in [1.29, 1.82) is 0 Å².